The molecule has 7 atom stereocenters. The van der Waals surface area contributed by atoms with Crippen LogP contribution in [0.5, 0.6) is 0 Å². The van der Waals surface area contributed by atoms with Crippen LogP contribution in [0.1, 0.15) is 71.6 Å². The van der Waals surface area contributed by atoms with Crippen LogP contribution in [0.25, 0.3) is 0 Å². The topological polar surface area (TPSA) is 17.1 Å². The molecule has 2 heteroatoms. The number of fused-ring (bicyclic) bond motifs is 5. The molecule has 0 aromatic heterocycles. The SMILES string of the molecule is C[C@]12CCC3C(CCC4CC(=O)CC[C@@]43C)C1C[C@@H](Br)C2. The Labute approximate surface area is 137 Å². The molecule has 0 aliphatic heterocycles. The van der Waals surface area contributed by atoms with Crippen molar-refractivity contribution in [2.24, 2.45) is 34.5 Å². The number of carbonyl (C=O) groups is 1. The zero-order chi connectivity index (χ0) is 14.8. The summed E-state index contributed by atoms with van der Waals surface area (Å²) in [5.41, 5.74) is 1.07. The molecule has 4 aliphatic carbocycles. The number of Topliss-reactive ketones (excluding diaryl/α,β-unsaturated/α-hetero) is 1. The lowest BCUT2D eigenvalue weighted by atomic mass is 9.45. The molecule has 0 bridgehead atoms. The average molecular weight is 353 g/mol. The molecule has 4 rings (SSSR count). The summed E-state index contributed by atoms with van der Waals surface area (Å²) in [6.45, 7) is 5.11. The minimum absolute atomic E-state index is 0.475. The third-order valence-electron chi connectivity index (χ3n) is 8.20. The minimum atomic E-state index is 0.475. The molecule has 4 unspecified atom stereocenters. The van der Waals surface area contributed by atoms with E-state index in [1.165, 1.54) is 44.9 Å². The van der Waals surface area contributed by atoms with Crippen molar-refractivity contribution in [3.05, 3.63) is 0 Å². The molecule has 1 nitrogen and oxygen atoms in total. The Balaban J connectivity index is 1.63. The van der Waals surface area contributed by atoms with Crippen molar-refractivity contribution in [3.8, 4) is 0 Å². The van der Waals surface area contributed by atoms with E-state index in [0.29, 0.717) is 22.5 Å². The molecule has 0 saturated heterocycles. The van der Waals surface area contributed by atoms with Crippen LogP contribution in [-0.2, 0) is 4.79 Å². The van der Waals surface area contributed by atoms with Gasteiger partial charge in [0.05, 0.1) is 0 Å². The highest BCUT2D eigenvalue weighted by Gasteiger charge is 2.58. The van der Waals surface area contributed by atoms with Gasteiger partial charge in [-0.05, 0) is 79.4 Å². The van der Waals surface area contributed by atoms with E-state index < -0.39 is 0 Å². The molecule has 21 heavy (non-hydrogen) atoms. The third-order valence-corrected chi connectivity index (χ3v) is 8.90. The first-order chi connectivity index (χ1) is 9.92. The summed E-state index contributed by atoms with van der Waals surface area (Å²) >= 11 is 3.93. The lowest BCUT2D eigenvalue weighted by Crippen LogP contribution is -2.52. The Morgan fingerprint density at radius 1 is 1.10 bits per heavy atom. The number of halogens is 1. The Bertz CT molecular complexity index is 460. The van der Waals surface area contributed by atoms with Gasteiger partial charge in [-0.15, -0.1) is 0 Å². The second-order valence-electron chi connectivity index (χ2n) is 9.13. The monoisotopic (exact) mass is 352 g/mol. The maximum Gasteiger partial charge on any atom is 0.133 e. The van der Waals surface area contributed by atoms with Gasteiger partial charge in [0.1, 0.15) is 5.78 Å². The Morgan fingerprint density at radius 3 is 2.71 bits per heavy atom. The largest absolute Gasteiger partial charge is 0.300 e. The normalized spacial score (nSPS) is 56.5. The molecule has 0 heterocycles. The van der Waals surface area contributed by atoms with Crippen molar-refractivity contribution in [2.45, 2.75) is 76.5 Å². The van der Waals surface area contributed by atoms with Crippen molar-refractivity contribution < 1.29 is 4.79 Å². The van der Waals surface area contributed by atoms with Gasteiger partial charge < -0.3 is 0 Å². The molecule has 4 saturated carbocycles. The van der Waals surface area contributed by atoms with Crippen molar-refractivity contribution in [2.75, 3.05) is 0 Å². The minimum Gasteiger partial charge on any atom is -0.300 e. The predicted molar refractivity (Wildman–Crippen MR) is 89.4 cm³/mol. The molecule has 4 fully saturated rings. The van der Waals surface area contributed by atoms with Gasteiger partial charge in [-0.3, -0.25) is 4.79 Å². The summed E-state index contributed by atoms with van der Waals surface area (Å²) in [5.74, 6) is 4.03. The van der Waals surface area contributed by atoms with Crippen LogP contribution in [0.15, 0.2) is 0 Å². The lowest BCUT2D eigenvalue weighted by Gasteiger charge is -2.59. The van der Waals surface area contributed by atoms with Crippen LogP contribution in [-0.4, -0.2) is 10.6 Å². The molecule has 0 radical (unpaired) electrons. The van der Waals surface area contributed by atoms with E-state index in [1.807, 2.05) is 0 Å². The van der Waals surface area contributed by atoms with E-state index >= 15 is 0 Å². The number of ketones is 1. The number of carbonyl (C=O) groups excluding carboxylic acids is 1. The van der Waals surface area contributed by atoms with E-state index in [1.54, 1.807) is 0 Å². The second-order valence-corrected chi connectivity index (χ2v) is 10.4. The van der Waals surface area contributed by atoms with Gasteiger partial charge in [0.2, 0.25) is 0 Å². The van der Waals surface area contributed by atoms with E-state index in [9.17, 15) is 4.79 Å². The number of alkyl halides is 1. The third kappa shape index (κ3) is 2.11. The maximum absolute atomic E-state index is 11.9. The van der Waals surface area contributed by atoms with E-state index in [0.717, 1.165) is 35.4 Å². The molecule has 118 valence electrons. The first kappa shape index (κ1) is 14.7. The van der Waals surface area contributed by atoms with E-state index in [4.69, 9.17) is 0 Å². The average Bonchev–Trinajstić information content (AvgIpc) is 2.74. The molecule has 4 aliphatic rings. The highest BCUT2D eigenvalue weighted by molar-refractivity contribution is 9.09. The fourth-order valence-corrected chi connectivity index (χ4v) is 8.16. The Morgan fingerprint density at radius 2 is 1.90 bits per heavy atom. The van der Waals surface area contributed by atoms with Crippen molar-refractivity contribution >= 4 is 21.7 Å². The van der Waals surface area contributed by atoms with Crippen LogP contribution >= 0.6 is 15.9 Å². The highest BCUT2D eigenvalue weighted by atomic mass is 79.9. The van der Waals surface area contributed by atoms with Gasteiger partial charge in [0.15, 0.2) is 0 Å². The molecular weight excluding hydrogens is 324 g/mol. The van der Waals surface area contributed by atoms with E-state index in [-0.39, 0.29) is 0 Å². The standard InChI is InChI=1S/C19H29BrO/c1-18-7-6-16-15(17(18)10-13(20)11-18)4-3-12-9-14(21)5-8-19(12,16)2/h12-13,15-17H,3-11H2,1-2H3/t12?,13-,15?,16?,17?,18-,19+/m1/s1. The number of rotatable bonds is 0. The van der Waals surface area contributed by atoms with Crippen molar-refractivity contribution in [1.29, 1.82) is 0 Å². The highest BCUT2D eigenvalue weighted by Crippen LogP contribution is 2.66. The summed E-state index contributed by atoms with van der Waals surface area (Å²) in [6.07, 6.45) is 11.3. The summed E-state index contributed by atoms with van der Waals surface area (Å²) in [5, 5.41) is 0. The number of hydrogen-bond acceptors (Lipinski definition) is 1. The zero-order valence-corrected chi connectivity index (χ0v) is 15.1. The van der Waals surface area contributed by atoms with Crippen molar-refractivity contribution in [1.82, 2.24) is 0 Å². The van der Waals surface area contributed by atoms with Crippen LogP contribution < -0.4 is 0 Å². The van der Waals surface area contributed by atoms with Gasteiger partial charge in [-0.1, -0.05) is 29.8 Å². The lowest BCUT2D eigenvalue weighted by molar-refractivity contribution is -0.137. The summed E-state index contributed by atoms with van der Waals surface area (Å²) in [7, 11) is 0. The molecular formula is C19H29BrO. The molecule has 0 N–H and O–H groups in total. The zero-order valence-electron chi connectivity index (χ0n) is 13.5. The van der Waals surface area contributed by atoms with E-state index in [2.05, 4.69) is 29.8 Å². The Hall–Kier alpha value is 0.150. The molecule has 0 aromatic rings. The van der Waals surface area contributed by atoms with Crippen molar-refractivity contribution in [3.63, 3.8) is 0 Å². The first-order valence-corrected chi connectivity index (χ1v) is 10.00. The van der Waals surface area contributed by atoms with Gasteiger partial charge >= 0.3 is 0 Å². The second kappa shape index (κ2) is 4.82. The van der Waals surface area contributed by atoms with Gasteiger partial charge in [-0.25, -0.2) is 0 Å². The van der Waals surface area contributed by atoms with Gasteiger partial charge in [0.25, 0.3) is 0 Å². The molecule has 0 aromatic carbocycles. The maximum atomic E-state index is 11.9. The van der Waals surface area contributed by atoms with Crippen LogP contribution in [0.4, 0.5) is 0 Å². The fourth-order valence-electron chi connectivity index (χ4n) is 7.02. The quantitative estimate of drug-likeness (QED) is 0.536. The summed E-state index contributed by atoms with van der Waals surface area (Å²) in [6, 6.07) is 0. The number of hydrogen-bond donors (Lipinski definition) is 0. The molecule has 0 amide bonds. The smallest absolute Gasteiger partial charge is 0.133 e. The Kier molecular flexibility index (Phi) is 3.38. The summed E-state index contributed by atoms with van der Waals surface area (Å²) < 4.78 is 0. The van der Waals surface area contributed by atoms with Crippen LogP contribution in [0.3, 0.4) is 0 Å². The van der Waals surface area contributed by atoms with Crippen LogP contribution in [0, 0.1) is 34.5 Å². The molecule has 0 spiro atoms. The van der Waals surface area contributed by atoms with Gasteiger partial charge in [-0.2, -0.15) is 0 Å². The summed E-state index contributed by atoms with van der Waals surface area (Å²) in [4.78, 5) is 12.6. The predicted octanol–water partition coefficient (Wildman–Crippen LogP) is 5.36. The van der Waals surface area contributed by atoms with Gasteiger partial charge in [0, 0.05) is 17.7 Å². The fraction of sp³-hybridized carbons (Fsp3) is 0.947. The van der Waals surface area contributed by atoms with Crippen LogP contribution in [0.2, 0.25) is 0 Å². The first-order valence-electron chi connectivity index (χ1n) is 9.08.